The minimum atomic E-state index is -0.0562. The van der Waals surface area contributed by atoms with Gasteiger partial charge < -0.3 is 9.69 Å². The molecule has 0 saturated carbocycles. The summed E-state index contributed by atoms with van der Waals surface area (Å²) < 4.78 is 0. The zero-order chi connectivity index (χ0) is 11.8. The van der Waals surface area contributed by atoms with Crippen molar-refractivity contribution in [1.29, 1.82) is 0 Å². The number of hydrogen-bond donors (Lipinski definition) is 0. The van der Waals surface area contributed by atoms with Crippen LogP contribution in [0.4, 0.5) is 0 Å². The molecule has 0 N–H and O–H groups in total. The lowest BCUT2D eigenvalue weighted by Crippen LogP contribution is -2.27. The summed E-state index contributed by atoms with van der Waals surface area (Å²) in [4.78, 5) is 23.0. The topological polar surface area (TPSA) is 37.4 Å². The van der Waals surface area contributed by atoms with Gasteiger partial charge in [-0.15, -0.1) is 0 Å². The van der Waals surface area contributed by atoms with E-state index < -0.39 is 0 Å². The van der Waals surface area contributed by atoms with Crippen LogP contribution in [0.3, 0.4) is 0 Å². The highest BCUT2D eigenvalue weighted by molar-refractivity contribution is 5.80. The fourth-order valence-corrected chi connectivity index (χ4v) is 1.23. The molecule has 3 nitrogen and oxygen atoms in total. The molecule has 0 bridgehead atoms. The second-order valence-corrected chi connectivity index (χ2v) is 3.46. The Labute approximate surface area is 95.4 Å². The van der Waals surface area contributed by atoms with Crippen molar-refractivity contribution in [2.75, 3.05) is 13.6 Å². The molecule has 1 rings (SSSR count). The number of likely N-dealkylation sites (N-methyl/N-ethyl adjacent to an activating group) is 1. The molecule has 84 valence electrons. The van der Waals surface area contributed by atoms with Gasteiger partial charge in [0, 0.05) is 13.5 Å². The third kappa shape index (κ3) is 4.09. The van der Waals surface area contributed by atoms with Crippen LogP contribution in [0.5, 0.6) is 0 Å². The van der Waals surface area contributed by atoms with E-state index in [0.29, 0.717) is 6.42 Å². The van der Waals surface area contributed by atoms with Crippen molar-refractivity contribution in [2.45, 2.75) is 6.42 Å². The third-order valence-corrected chi connectivity index (χ3v) is 2.18. The lowest BCUT2D eigenvalue weighted by Gasteiger charge is -2.11. The number of benzene rings is 1. The van der Waals surface area contributed by atoms with Crippen molar-refractivity contribution in [3.63, 3.8) is 0 Å². The fourth-order valence-electron chi connectivity index (χ4n) is 1.23. The van der Waals surface area contributed by atoms with E-state index in [4.69, 9.17) is 0 Å². The highest BCUT2D eigenvalue weighted by Crippen LogP contribution is 2.02. The SMILES string of the molecule is CN(CC=O)C(=O)CC=Cc1ccccc1. The Balaban J connectivity index is 2.43. The number of carbonyl (C=O) groups is 2. The van der Waals surface area contributed by atoms with Crippen molar-refractivity contribution >= 4 is 18.3 Å². The van der Waals surface area contributed by atoms with Crippen LogP contribution in [0.1, 0.15) is 12.0 Å². The second-order valence-electron chi connectivity index (χ2n) is 3.46. The van der Waals surface area contributed by atoms with Gasteiger partial charge in [0.15, 0.2) is 0 Å². The Morgan fingerprint density at radius 1 is 1.31 bits per heavy atom. The van der Waals surface area contributed by atoms with Crippen molar-refractivity contribution in [3.8, 4) is 0 Å². The van der Waals surface area contributed by atoms with Gasteiger partial charge in [-0.3, -0.25) is 4.79 Å². The molecule has 16 heavy (non-hydrogen) atoms. The Kier molecular flexibility index (Phi) is 4.99. The molecule has 0 unspecified atom stereocenters. The summed E-state index contributed by atoms with van der Waals surface area (Å²) in [6.45, 7) is 0.151. The maximum Gasteiger partial charge on any atom is 0.226 e. The van der Waals surface area contributed by atoms with Crippen LogP contribution in [0.25, 0.3) is 6.08 Å². The first kappa shape index (κ1) is 12.2. The minimum absolute atomic E-state index is 0.0562. The molecular weight excluding hydrogens is 202 g/mol. The number of hydrogen-bond acceptors (Lipinski definition) is 2. The first-order chi connectivity index (χ1) is 7.74. The molecular formula is C13H15NO2. The number of carbonyl (C=O) groups excluding carboxylic acids is 2. The van der Waals surface area contributed by atoms with E-state index in [2.05, 4.69) is 0 Å². The van der Waals surface area contributed by atoms with Crippen LogP contribution in [-0.2, 0) is 9.59 Å². The van der Waals surface area contributed by atoms with E-state index >= 15 is 0 Å². The van der Waals surface area contributed by atoms with Crippen LogP contribution in [0, 0.1) is 0 Å². The largest absolute Gasteiger partial charge is 0.338 e. The summed E-state index contributed by atoms with van der Waals surface area (Å²) in [7, 11) is 1.62. The molecule has 0 fully saturated rings. The third-order valence-electron chi connectivity index (χ3n) is 2.18. The van der Waals surface area contributed by atoms with Gasteiger partial charge in [-0.2, -0.15) is 0 Å². The molecule has 1 amide bonds. The number of rotatable bonds is 5. The van der Waals surface area contributed by atoms with Crippen molar-refractivity contribution in [1.82, 2.24) is 4.90 Å². The lowest BCUT2D eigenvalue weighted by molar-refractivity contribution is -0.130. The van der Waals surface area contributed by atoms with Gasteiger partial charge in [-0.1, -0.05) is 42.5 Å². The molecule has 0 spiro atoms. The van der Waals surface area contributed by atoms with E-state index in [1.165, 1.54) is 4.90 Å². The van der Waals surface area contributed by atoms with Crippen LogP contribution < -0.4 is 0 Å². The van der Waals surface area contributed by atoms with Crippen LogP contribution >= 0.6 is 0 Å². The van der Waals surface area contributed by atoms with Gasteiger partial charge in [0.25, 0.3) is 0 Å². The normalized spacial score (nSPS) is 10.3. The van der Waals surface area contributed by atoms with Gasteiger partial charge in [0.1, 0.15) is 6.29 Å². The summed E-state index contributed by atoms with van der Waals surface area (Å²) in [5.74, 6) is -0.0562. The number of nitrogens with zero attached hydrogens (tertiary/aromatic N) is 1. The van der Waals surface area contributed by atoms with E-state index in [9.17, 15) is 9.59 Å². The molecule has 0 aromatic heterocycles. The molecule has 0 atom stereocenters. The van der Waals surface area contributed by atoms with E-state index in [1.807, 2.05) is 36.4 Å². The first-order valence-electron chi connectivity index (χ1n) is 5.13. The molecule has 1 aromatic carbocycles. The Morgan fingerprint density at radius 3 is 2.62 bits per heavy atom. The maximum absolute atomic E-state index is 11.4. The van der Waals surface area contributed by atoms with Crippen LogP contribution in [0.15, 0.2) is 36.4 Å². The first-order valence-corrected chi connectivity index (χ1v) is 5.13. The summed E-state index contributed by atoms with van der Waals surface area (Å²) in [5.41, 5.74) is 1.06. The predicted octanol–water partition coefficient (Wildman–Crippen LogP) is 1.75. The number of aldehydes is 1. The molecule has 0 aliphatic rings. The van der Waals surface area contributed by atoms with Crippen LogP contribution in [-0.4, -0.2) is 30.7 Å². The highest BCUT2D eigenvalue weighted by atomic mass is 16.2. The van der Waals surface area contributed by atoms with Crippen LogP contribution in [0.2, 0.25) is 0 Å². The molecule has 3 heteroatoms. The molecule has 0 saturated heterocycles. The average molecular weight is 217 g/mol. The lowest BCUT2D eigenvalue weighted by atomic mass is 10.2. The summed E-state index contributed by atoms with van der Waals surface area (Å²) >= 11 is 0. The van der Waals surface area contributed by atoms with Gasteiger partial charge in [0.05, 0.1) is 6.54 Å². The minimum Gasteiger partial charge on any atom is -0.338 e. The summed E-state index contributed by atoms with van der Waals surface area (Å²) in [6.07, 6.45) is 4.74. The summed E-state index contributed by atoms with van der Waals surface area (Å²) in [6, 6.07) is 9.77. The molecule has 1 aromatic rings. The van der Waals surface area contributed by atoms with E-state index in [1.54, 1.807) is 13.1 Å². The zero-order valence-electron chi connectivity index (χ0n) is 9.30. The standard InChI is InChI=1S/C13H15NO2/c1-14(10-11-15)13(16)9-5-8-12-6-3-2-4-7-12/h2-8,11H,9-10H2,1H3. The predicted molar refractivity (Wildman–Crippen MR) is 63.8 cm³/mol. The molecule has 0 aliphatic carbocycles. The molecule has 0 aliphatic heterocycles. The molecule has 0 heterocycles. The Morgan fingerprint density at radius 2 is 2.00 bits per heavy atom. The Bertz CT molecular complexity index is 371. The maximum atomic E-state index is 11.4. The highest BCUT2D eigenvalue weighted by Gasteiger charge is 2.04. The van der Waals surface area contributed by atoms with Crippen molar-refractivity contribution < 1.29 is 9.59 Å². The van der Waals surface area contributed by atoms with Gasteiger partial charge in [-0.05, 0) is 5.56 Å². The van der Waals surface area contributed by atoms with Gasteiger partial charge in [0.2, 0.25) is 5.91 Å². The van der Waals surface area contributed by atoms with Crippen molar-refractivity contribution in [3.05, 3.63) is 42.0 Å². The quantitative estimate of drug-likeness (QED) is 0.704. The van der Waals surface area contributed by atoms with Crippen molar-refractivity contribution in [2.24, 2.45) is 0 Å². The van der Waals surface area contributed by atoms with Gasteiger partial charge in [-0.25, -0.2) is 0 Å². The number of amides is 1. The summed E-state index contributed by atoms with van der Waals surface area (Å²) in [5, 5.41) is 0. The monoisotopic (exact) mass is 217 g/mol. The zero-order valence-corrected chi connectivity index (χ0v) is 9.30. The van der Waals surface area contributed by atoms with E-state index in [-0.39, 0.29) is 12.5 Å². The smallest absolute Gasteiger partial charge is 0.226 e. The Hall–Kier alpha value is -1.90. The van der Waals surface area contributed by atoms with E-state index in [0.717, 1.165) is 11.8 Å². The van der Waals surface area contributed by atoms with Gasteiger partial charge >= 0.3 is 0 Å². The fraction of sp³-hybridized carbons (Fsp3) is 0.231. The average Bonchev–Trinajstić information content (AvgIpc) is 2.30. The second kappa shape index (κ2) is 6.56. The molecule has 0 radical (unpaired) electrons.